The highest BCUT2D eigenvalue weighted by atomic mass is 32.1. The molecular weight excluding hydrogens is 318 g/mol. The maximum Gasteiger partial charge on any atom is 0.220 e. The van der Waals surface area contributed by atoms with E-state index in [9.17, 15) is 4.79 Å². The zero-order valence-corrected chi connectivity index (χ0v) is 14.9. The van der Waals surface area contributed by atoms with Gasteiger partial charge in [-0.05, 0) is 50.8 Å². The van der Waals surface area contributed by atoms with Gasteiger partial charge in [0.05, 0.1) is 15.2 Å². The fraction of sp³-hybridized carbons (Fsp3) is 0.579. The quantitative estimate of drug-likeness (QED) is 0.905. The maximum atomic E-state index is 12.3. The van der Waals surface area contributed by atoms with E-state index in [1.807, 2.05) is 12.1 Å². The van der Waals surface area contributed by atoms with Gasteiger partial charge in [0.2, 0.25) is 5.91 Å². The number of nitrogens with zero attached hydrogens (tertiary/aromatic N) is 2. The van der Waals surface area contributed by atoms with Crippen LogP contribution in [-0.4, -0.2) is 41.0 Å². The predicted octanol–water partition coefficient (Wildman–Crippen LogP) is 3.36. The van der Waals surface area contributed by atoms with Gasteiger partial charge in [0.1, 0.15) is 0 Å². The lowest BCUT2D eigenvalue weighted by Gasteiger charge is -2.32. The number of carbonyl (C=O) groups is 1. The van der Waals surface area contributed by atoms with E-state index in [0.717, 1.165) is 36.3 Å². The lowest BCUT2D eigenvalue weighted by molar-refractivity contribution is -0.122. The van der Waals surface area contributed by atoms with Crippen LogP contribution >= 0.6 is 11.3 Å². The van der Waals surface area contributed by atoms with E-state index in [2.05, 4.69) is 27.3 Å². The van der Waals surface area contributed by atoms with Gasteiger partial charge in [0, 0.05) is 25.0 Å². The summed E-state index contributed by atoms with van der Waals surface area (Å²) in [5.41, 5.74) is 1.07. The average Bonchev–Trinajstić information content (AvgIpc) is 3.19. The molecule has 0 spiro atoms. The zero-order valence-electron chi connectivity index (χ0n) is 14.0. The van der Waals surface area contributed by atoms with E-state index in [1.165, 1.54) is 30.5 Å². The number of hydrogen-bond donors (Lipinski definition) is 1. The third-order valence-corrected chi connectivity index (χ3v) is 6.43. The summed E-state index contributed by atoms with van der Waals surface area (Å²) in [5.74, 6) is 0.216. The van der Waals surface area contributed by atoms with Gasteiger partial charge >= 0.3 is 0 Å². The highest BCUT2D eigenvalue weighted by molar-refractivity contribution is 7.18. The highest BCUT2D eigenvalue weighted by Crippen LogP contribution is 2.27. The Kier molecular flexibility index (Phi) is 4.81. The maximum absolute atomic E-state index is 12.3. The minimum atomic E-state index is 0.216. The van der Waals surface area contributed by atoms with Crippen molar-refractivity contribution in [1.82, 2.24) is 15.2 Å². The van der Waals surface area contributed by atoms with E-state index in [-0.39, 0.29) is 5.91 Å². The number of thiazole rings is 1. The number of nitrogens with one attached hydrogen (secondary N) is 1. The molecule has 2 aliphatic rings. The molecule has 1 aromatic carbocycles. The van der Waals surface area contributed by atoms with E-state index < -0.39 is 0 Å². The van der Waals surface area contributed by atoms with Crippen LogP contribution in [0.3, 0.4) is 0 Å². The number of aryl methyl sites for hydroxylation is 1. The van der Waals surface area contributed by atoms with Gasteiger partial charge in [-0.1, -0.05) is 18.6 Å². The minimum Gasteiger partial charge on any atom is -0.352 e. The molecule has 0 saturated carbocycles. The van der Waals surface area contributed by atoms with Crippen LogP contribution in [0.2, 0.25) is 0 Å². The summed E-state index contributed by atoms with van der Waals surface area (Å²) >= 11 is 1.75. The van der Waals surface area contributed by atoms with Crippen molar-refractivity contribution in [2.24, 2.45) is 0 Å². The molecule has 2 aromatic rings. The number of para-hydroxylation sites is 1. The van der Waals surface area contributed by atoms with Crippen molar-refractivity contribution in [1.29, 1.82) is 0 Å². The van der Waals surface area contributed by atoms with Gasteiger partial charge in [-0.3, -0.25) is 9.69 Å². The Bertz CT molecular complexity index is 680. The molecule has 0 unspecified atom stereocenters. The molecule has 0 radical (unpaired) electrons. The smallest absolute Gasteiger partial charge is 0.220 e. The molecule has 128 valence electrons. The number of fused-ring (bicyclic) bond motifs is 2. The molecule has 5 heteroatoms. The first-order chi connectivity index (χ1) is 11.8. The van der Waals surface area contributed by atoms with E-state index in [0.29, 0.717) is 18.5 Å². The number of hydrogen-bond acceptors (Lipinski definition) is 4. The average molecular weight is 343 g/mol. The normalized spacial score (nSPS) is 24.2. The van der Waals surface area contributed by atoms with Crippen molar-refractivity contribution in [2.45, 2.75) is 57.0 Å². The number of rotatable bonds is 5. The minimum absolute atomic E-state index is 0.216. The molecule has 0 aliphatic carbocycles. The van der Waals surface area contributed by atoms with Crippen LogP contribution in [0.25, 0.3) is 10.2 Å². The SMILES string of the molecule is O=C(CCCc1nc2ccccc2s1)N[C@H]1CCN2CCCC[C@H]12. The van der Waals surface area contributed by atoms with Crippen molar-refractivity contribution >= 4 is 27.5 Å². The summed E-state index contributed by atoms with van der Waals surface area (Å²) in [5, 5.41) is 4.44. The lowest BCUT2D eigenvalue weighted by Crippen LogP contribution is -2.46. The highest BCUT2D eigenvalue weighted by Gasteiger charge is 2.35. The fourth-order valence-electron chi connectivity index (χ4n) is 4.12. The second-order valence-electron chi connectivity index (χ2n) is 6.99. The monoisotopic (exact) mass is 343 g/mol. The number of benzene rings is 1. The third-order valence-electron chi connectivity index (χ3n) is 5.34. The molecule has 1 N–H and O–H groups in total. The van der Waals surface area contributed by atoms with Gasteiger partial charge < -0.3 is 5.32 Å². The van der Waals surface area contributed by atoms with E-state index in [1.54, 1.807) is 11.3 Å². The predicted molar refractivity (Wildman–Crippen MR) is 98.3 cm³/mol. The van der Waals surface area contributed by atoms with Crippen LogP contribution in [0.15, 0.2) is 24.3 Å². The number of aromatic nitrogens is 1. The summed E-state index contributed by atoms with van der Waals surface area (Å²) in [6, 6.07) is 9.20. The molecule has 2 atom stereocenters. The van der Waals surface area contributed by atoms with Gasteiger partial charge in [0.25, 0.3) is 0 Å². The summed E-state index contributed by atoms with van der Waals surface area (Å²) in [6.45, 7) is 2.37. The molecule has 1 aromatic heterocycles. The molecule has 2 fully saturated rings. The Hall–Kier alpha value is -1.46. The third kappa shape index (κ3) is 3.47. The molecule has 0 bridgehead atoms. The van der Waals surface area contributed by atoms with Crippen LogP contribution in [0.5, 0.6) is 0 Å². The van der Waals surface area contributed by atoms with Crippen LogP contribution < -0.4 is 5.32 Å². The van der Waals surface area contributed by atoms with Crippen molar-refractivity contribution < 1.29 is 4.79 Å². The number of piperidine rings is 1. The molecule has 2 saturated heterocycles. The van der Waals surface area contributed by atoms with Gasteiger partial charge in [-0.2, -0.15) is 0 Å². The summed E-state index contributed by atoms with van der Waals surface area (Å²) in [4.78, 5) is 19.5. The van der Waals surface area contributed by atoms with Crippen molar-refractivity contribution in [3.8, 4) is 0 Å². The Morgan fingerprint density at radius 3 is 3.08 bits per heavy atom. The topological polar surface area (TPSA) is 45.2 Å². The first-order valence-electron chi connectivity index (χ1n) is 9.17. The lowest BCUT2D eigenvalue weighted by atomic mass is 9.99. The number of amides is 1. The molecule has 1 amide bonds. The van der Waals surface area contributed by atoms with Crippen molar-refractivity contribution in [3.05, 3.63) is 29.3 Å². The number of carbonyl (C=O) groups excluding carboxylic acids is 1. The molecule has 4 nitrogen and oxygen atoms in total. The van der Waals surface area contributed by atoms with Crippen molar-refractivity contribution in [3.63, 3.8) is 0 Å². The molecule has 24 heavy (non-hydrogen) atoms. The standard InChI is InChI=1S/C19H25N3OS/c23-18(20-14-11-13-22-12-4-3-7-16(14)22)9-5-10-19-21-15-6-1-2-8-17(15)24-19/h1-2,6,8,14,16H,3-5,7,9-13H2,(H,20,23)/t14-,16+/m0/s1. The Morgan fingerprint density at radius 2 is 2.17 bits per heavy atom. The Labute approximate surface area is 147 Å². The fourth-order valence-corrected chi connectivity index (χ4v) is 5.13. The molecule has 2 aliphatic heterocycles. The van der Waals surface area contributed by atoms with E-state index >= 15 is 0 Å². The summed E-state index contributed by atoms with van der Waals surface area (Å²) in [6.07, 6.45) is 7.38. The van der Waals surface area contributed by atoms with Gasteiger partial charge in [-0.25, -0.2) is 4.98 Å². The van der Waals surface area contributed by atoms with Crippen LogP contribution in [0, 0.1) is 0 Å². The second kappa shape index (κ2) is 7.19. The molecular formula is C19H25N3OS. The Morgan fingerprint density at radius 1 is 1.25 bits per heavy atom. The first kappa shape index (κ1) is 16.0. The largest absolute Gasteiger partial charge is 0.352 e. The van der Waals surface area contributed by atoms with Crippen LogP contribution in [0.1, 0.15) is 43.5 Å². The van der Waals surface area contributed by atoms with E-state index in [4.69, 9.17) is 0 Å². The van der Waals surface area contributed by atoms with Gasteiger partial charge in [0.15, 0.2) is 0 Å². The van der Waals surface area contributed by atoms with Crippen LogP contribution in [0.4, 0.5) is 0 Å². The van der Waals surface area contributed by atoms with Gasteiger partial charge in [-0.15, -0.1) is 11.3 Å². The summed E-state index contributed by atoms with van der Waals surface area (Å²) < 4.78 is 1.24. The summed E-state index contributed by atoms with van der Waals surface area (Å²) in [7, 11) is 0. The van der Waals surface area contributed by atoms with Crippen LogP contribution in [-0.2, 0) is 11.2 Å². The zero-order chi connectivity index (χ0) is 16.4. The molecule has 3 heterocycles. The Balaban J connectivity index is 1.24. The molecule has 4 rings (SSSR count). The van der Waals surface area contributed by atoms with Crippen molar-refractivity contribution in [2.75, 3.05) is 13.1 Å². The first-order valence-corrected chi connectivity index (χ1v) is 9.99. The second-order valence-corrected chi connectivity index (χ2v) is 8.11.